The number of sulfonamides is 1. The zero-order valence-corrected chi connectivity index (χ0v) is 21.8. The summed E-state index contributed by atoms with van der Waals surface area (Å²) in [7, 11) is -2.01. The van der Waals surface area contributed by atoms with Crippen LogP contribution in [0.3, 0.4) is 0 Å². The number of amides is 1. The van der Waals surface area contributed by atoms with Crippen LogP contribution in [0.25, 0.3) is 0 Å². The number of rotatable bonds is 9. The Morgan fingerprint density at radius 1 is 0.944 bits per heavy atom. The van der Waals surface area contributed by atoms with Gasteiger partial charge in [0.15, 0.2) is 0 Å². The lowest BCUT2D eigenvalue weighted by Gasteiger charge is -2.26. The van der Waals surface area contributed by atoms with Gasteiger partial charge in [-0.25, -0.2) is 8.42 Å². The first kappa shape index (κ1) is 25.9. The molecule has 0 aliphatic carbocycles. The highest BCUT2D eigenvalue weighted by molar-refractivity contribution is 7.89. The van der Waals surface area contributed by atoms with Crippen molar-refractivity contribution >= 4 is 15.9 Å². The topological polar surface area (TPSA) is 75.7 Å². The lowest BCUT2D eigenvalue weighted by Crippen LogP contribution is -2.35. The maximum absolute atomic E-state index is 13.2. The van der Waals surface area contributed by atoms with Gasteiger partial charge in [-0.3, -0.25) is 4.79 Å². The second-order valence-electron chi connectivity index (χ2n) is 9.26. The summed E-state index contributed by atoms with van der Waals surface area (Å²) in [5.74, 6) is 0.467. The number of piperidine rings is 1. The third-order valence-corrected chi connectivity index (χ3v) is 8.57. The van der Waals surface area contributed by atoms with E-state index in [0.717, 1.165) is 36.0 Å². The quantitative estimate of drug-likeness (QED) is 0.442. The average molecular weight is 507 g/mol. The molecule has 190 valence electrons. The molecule has 0 saturated carbocycles. The largest absolute Gasteiger partial charge is 0.496 e. The maximum atomic E-state index is 13.2. The molecule has 1 aliphatic heterocycles. The van der Waals surface area contributed by atoms with Crippen LogP contribution in [-0.2, 0) is 21.2 Å². The predicted octanol–water partition coefficient (Wildman–Crippen LogP) is 5.02. The average Bonchev–Trinajstić information content (AvgIpc) is 2.92. The first-order valence-electron chi connectivity index (χ1n) is 12.5. The van der Waals surface area contributed by atoms with Crippen LogP contribution in [-0.4, -0.2) is 38.8 Å². The number of hydrogen-bond acceptors (Lipinski definition) is 4. The van der Waals surface area contributed by atoms with E-state index in [9.17, 15) is 13.2 Å². The molecule has 6 nitrogen and oxygen atoms in total. The molecule has 7 heteroatoms. The van der Waals surface area contributed by atoms with Crippen LogP contribution < -0.4 is 10.1 Å². The molecule has 1 fully saturated rings. The summed E-state index contributed by atoms with van der Waals surface area (Å²) in [4.78, 5) is 13.3. The van der Waals surface area contributed by atoms with Crippen molar-refractivity contribution in [2.24, 2.45) is 0 Å². The summed E-state index contributed by atoms with van der Waals surface area (Å²) >= 11 is 0. The van der Waals surface area contributed by atoms with E-state index in [2.05, 4.69) is 5.32 Å². The molecule has 3 aromatic carbocycles. The Morgan fingerprint density at radius 3 is 2.28 bits per heavy atom. The van der Waals surface area contributed by atoms with Gasteiger partial charge in [-0.05, 0) is 61.1 Å². The van der Waals surface area contributed by atoms with Crippen molar-refractivity contribution in [3.05, 3.63) is 95.1 Å². The Kier molecular flexibility index (Phi) is 8.44. The monoisotopic (exact) mass is 506 g/mol. The predicted molar refractivity (Wildman–Crippen MR) is 142 cm³/mol. The highest BCUT2D eigenvalue weighted by Gasteiger charge is 2.27. The van der Waals surface area contributed by atoms with Gasteiger partial charge in [0, 0.05) is 19.5 Å². The fraction of sp³-hybridized carbons (Fsp3) is 0.345. The number of methoxy groups -OCH3 is 1. The van der Waals surface area contributed by atoms with Gasteiger partial charge >= 0.3 is 0 Å². The number of benzene rings is 3. The smallest absolute Gasteiger partial charge is 0.243 e. The molecule has 36 heavy (non-hydrogen) atoms. The summed E-state index contributed by atoms with van der Waals surface area (Å²) in [5.41, 5.74) is 3.87. The molecule has 1 saturated heterocycles. The second kappa shape index (κ2) is 11.7. The minimum atomic E-state index is -3.57. The number of ether oxygens (including phenoxy) is 1. The van der Waals surface area contributed by atoms with Crippen LogP contribution in [0, 0.1) is 6.92 Å². The molecule has 3 aromatic rings. The lowest BCUT2D eigenvalue weighted by atomic mass is 9.97. The van der Waals surface area contributed by atoms with E-state index in [0.29, 0.717) is 30.8 Å². The molecule has 1 heterocycles. The Labute approximate surface area is 214 Å². The number of aryl methyl sites for hydroxylation is 2. The number of hydrogen-bond donors (Lipinski definition) is 1. The number of nitrogens with zero attached hydrogens (tertiary/aromatic N) is 1. The lowest BCUT2D eigenvalue weighted by molar-refractivity contribution is -0.121. The van der Waals surface area contributed by atoms with Gasteiger partial charge in [0.05, 0.1) is 18.0 Å². The third kappa shape index (κ3) is 6.15. The Hall–Kier alpha value is -3.16. The minimum absolute atomic E-state index is 0.115. The van der Waals surface area contributed by atoms with E-state index in [-0.39, 0.29) is 23.3 Å². The molecule has 4 rings (SSSR count). The van der Waals surface area contributed by atoms with Crippen molar-refractivity contribution in [2.45, 2.75) is 50.0 Å². The van der Waals surface area contributed by atoms with E-state index < -0.39 is 10.0 Å². The summed E-state index contributed by atoms with van der Waals surface area (Å²) in [5, 5.41) is 3.17. The second-order valence-corrected chi connectivity index (χ2v) is 11.2. The molecule has 1 N–H and O–H groups in total. The molecular formula is C29H34N2O4S. The molecule has 0 spiro atoms. The summed E-state index contributed by atoms with van der Waals surface area (Å²) < 4.78 is 33.4. The summed E-state index contributed by atoms with van der Waals surface area (Å²) in [6.45, 7) is 3.13. The van der Waals surface area contributed by atoms with Crippen molar-refractivity contribution in [3.63, 3.8) is 0 Å². The fourth-order valence-corrected chi connectivity index (χ4v) is 6.18. The highest BCUT2D eigenvalue weighted by Crippen LogP contribution is 2.28. The van der Waals surface area contributed by atoms with E-state index >= 15 is 0 Å². The highest BCUT2D eigenvalue weighted by atomic mass is 32.2. The van der Waals surface area contributed by atoms with Crippen LogP contribution in [0.2, 0.25) is 0 Å². The molecule has 0 bridgehead atoms. The zero-order chi connectivity index (χ0) is 25.5. The summed E-state index contributed by atoms with van der Waals surface area (Å²) in [6, 6.07) is 22.7. The van der Waals surface area contributed by atoms with Gasteiger partial charge in [-0.2, -0.15) is 4.31 Å². The van der Waals surface area contributed by atoms with Gasteiger partial charge in [-0.15, -0.1) is 0 Å². The third-order valence-electron chi connectivity index (χ3n) is 6.67. The number of carbonyl (C=O) groups is 1. The maximum Gasteiger partial charge on any atom is 0.243 e. The summed E-state index contributed by atoms with van der Waals surface area (Å²) in [6.07, 6.45) is 3.39. The molecule has 0 unspecified atom stereocenters. The van der Waals surface area contributed by atoms with Gasteiger partial charge in [0.1, 0.15) is 5.75 Å². The van der Waals surface area contributed by atoms with Crippen LogP contribution in [0.1, 0.15) is 54.0 Å². The standard InChI is InChI=1S/C29H34N2O4S/c1-22-11-13-24(14-12-22)29(23-9-5-3-6-10-23)30-28(32)18-15-25-21-26(16-17-27(25)35-2)36(33,34)31-19-7-4-8-20-31/h3,5-6,9-14,16-17,21,29H,4,7-8,15,18-20H2,1-2H3,(H,30,32)/t29-/m0/s1. The Bertz CT molecular complexity index is 1270. The first-order valence-corrected chi connectivity index (χ1v) is 13.9. The Morgan fingerprint density at radius 2 is 1.61 bits per heavy atom. The van der Waals surface area contributed by atoms with Crippen LogP contribution in [0.4, 0.5) is 0 Å². The fourth-order valence-electron chi connectivity index (χ4n) is 4.61. The number of nitrogens with one attached hydrogen (secondary N) is 1. The van der Waals surface area contributed by atoms with Gasteiger partial charge in [0.25, 0.3) is 0 Å². The SMILES string of the molecule is COc1ccc(S(=O)(=O)N2CCCCC2)cc1CCC(=O)N[C@@H](c1ccccc1)c1ccc(C)cc1. The molecular weight excluding hydrogens is 472 g/mol. The van der Waals surface area contributed by atoms with Gasteiger partial charge < -0.3 is 10.1 Å². The van der Waals surface area contributed by atoms with E-state index in [1.807, 2.05) is 61.5 Å². The Balaban J connectivity index is 1.50. The molecule has 1 atom stereocenters. The van der Waals surface area contributed by atoms with Gasteiger partial charge in [0.2, 0.25) is 15.9 Å². The van der Waals surface area contributed by atoms with Crippen molar-refractivity contribution in [3.8, 4) is 5.75 Å². The normalized spacial score (nSPS) is 15.3. The number of carbonyl (C=O) groups excluding carboxylic acids is 1. The van der Waals surface area contributed by atoms with Crippen molar-refractivity contribution in [1.29, 1.82) is 0 Å². The van der Waals surface area contributed by atoms with Crippen molar-refractivity contribution in [2.75, 3.05) is 20.2 Å². The van der Waals surface area contributed by atoms with Crippen LogP contribution >= 0.6 is 0 Å². The van der Waals surface area contributed by atoms with Crippen molar-refractivity contribution in [1.82, 2.24) is 9.62 Å². The molecule has 0 aromatic heterocycles. The minimum Gasteiger partial charge on any atom is -0.496 e. The van der Waals surface area contributed by atoms with Crippen LogP contribution in [0.15, 0.2) is 77.7 Å². The molecule has 0 radical (unpaired) electrons. The van der Waals surface area contributed by atoms with Crippen molar-refractivity contribution < 1.29 is 17.9 Å². The zero-order valence-electron chi connectivity index (χ0n) is 20.9. The van der Waals surface area contributed by atoms with E-state index in [1.165, 1.54) is 0 Å². The van der Waals surface area contributed by atoms with Crippen LogP contribution in [0.5, 0.6) is 5.75 Å². The van der Waals surface area contributed by atoms with E-state index in [4.69, 9.17) is 4.74 Å². The first-order chi connectivity index (χ1) is 17.4. The molecule has 1 aliphatic rings. The van der Waals surface area contributed by atoms with E-state index in [1.54, 1.807) is 29.6 Å². The van der Waals surface area contributed by atoms with Gasteiger partial charge in [-0.1, -0.05) is 66.6 Å². The molecule has 1 amide bonds.